The number of non-ortho nitro benzene ring substituents is 1. The van der Waals surface area contributed by atoms with Crippen molar-refractivity contribution in [1.82, 2.24) is 0 Å². The van der Waals surface area contributed by atoms with Crippen LogP contribution in [0.1, 0.15) is 15.3 Å². The molecule has 0 spiro atoms. The van der Waals surface area contributed by atoms with Gasteiger partial charge in [-0.3, -0.25) is 30.3 Å². The molecule has 9 nitrogen and oxygen atoms in total. The summed E-state index contributed by atoms with van der Waals surface area (Å²) in [7, 11) is 0. The van der Waals surface area contributed by atoms with Crippen LogP contribution in [0.2, 0.25) is 0 Å². The second-order valence-electron chi connectivity index (χ2n) is 4.45. The molecular formula is C13H9N3O6S. The quantitative estimate of drug-likeness (QED) is 0.600. The summed E-state index contributed by atoms with van der Waals surface area (Å²) in [5, 5.41) is 33.0. The SMILES string of the molecule is Cc1ccc(/C=C/c2c([N+](=O)[O-])cc([N+](=O)[O-])cc2[N+](=O)[O-])s1. The Morgan fingerprint density at radius 2 is 1.48 bits per heavy atom. The van der Waals surface area contributed by atoms with Crippen LogP contribution in [0, 0.1) is 37.3 Å². The van der Waals surface area contributed by atoms with Crippen molar-refractivity contribution in [2.24, 2.45) is 0 Å². The van der Waals surface area contributed by atoms with E-state index < -0.39 is 31.8 Å². The number of thiophene rings is 1. The number of rotatable bonds is 5. The third kappa shape index (κ3) is 3.55. The van der Waals surface area contributed by atoms with Gasteiger partial charge in [-0.2, -0.15) is 0 Å². The molecule has 0 N–H and O–H groups in total. The highest BCUT2D eigenvalue weighted by molar-refractivity contribution is 7.12. The summed E-state index contributed by atoms with van der Waals surface area (Å²) in [4.78, 5) is 32.1. The maximum absolute atomic E-state index is 11.1. The molecule has 10 heteroatoms. The molecule has 2 aromatic rings. The first-order valence-electron chi connectivity index (χ1n) is 6.15. The van der Waals surface area contributed by atoms with E-state index in [4.69, 9.17) is 0 Å². The Kier molecular flexibility index (Phi) is 4.46. The van der Waals surface area contributed by atoms with E-state index >= 15 is 0 Å². The van der Waals surface area contributed by atoms with E-state index in [-0.39, 0.29) is 5.56 Å². The van der Waals surface area contributed by atoms with Crippen molar-refractivity contribution in [2.45, 2.75) is 6.92 Å². The summed E-state index contributed by atoms with van der Waals surface area (Å²) in [5.41, 5.74) is -2.35. The lowest BCUT2D eigenvalue weighted by atomic mass is 10.1. The minimum absolute atomic E-state index is 0.281. The van der Waals surface area contributed by atoms with Gasteiger partial charge in [0.1, 0.15) is 5.56 Å². The Labute approximate surface area is 132 Å². The maximum atomic E-state index is 11.1. The molecule has 0 aliphatic rings. The third-order valence-electron chi connectivity index (χ3n) is 2.90. The van der Waals surface area contributed by atoms with E-state index in [9.17, 15) is 30.3 Å². The number of aryl methyl sites for hydroxylation is 1. The number of nitro benzene ring substituents is 3. The van der Waals surface area contributed by atoms with E-state index in [1.807, 2.05) is 13.0 Å². The molecule has 0 atom stereocenters. The molecule has 0 fully saturated rings. The summed E-state index contributed by atoms with van der Waals surface area (Å²) < 4.78 is 0. The van der Waals surface area contributed by atoms with Crippen LogP contribution in [0.25, 0.3) is 12.2 Å². The Morgan fingerprint density at radius 1 is 0.913 bits per heavy atom. The average Bonchev–Trinajstić information content (AvgIpc) is 2.89. The van der Waals surface area contributed by atoms with Gasteiger partial charge in [0.2, 0.25) is 0 Å². The lowest BCUT2D eigenvalue weighted by molar-refractivity contribution is -0.403. The first-order valence-corrected chi connectivity index (χ1v) is 6.97. The van der Waals surface area contributed by atoms with Gasteiger partial charge in [0.05, 0.1) is 26.9 Å². The van der Waals surface area contributed by atoms with Gasteiger partial charge in [-0.05, 0) is 31.2 Å². The Morgan fingerprint density at radius 3 is 1.87 bits per heavy atom. The molecular weight excluding hydrogens is 326 g/mol. The largest absolute Gasteiger partial charge is 0.290 e. The minimum Gasteiger partial charge on any atom is -0.258 e. The zero-order valence-corrected chi connectivity index (χ0v) is 12.5. The zero-order valence-electron chi connectivity index (χ0n) is 11.7. The predicted octanol–water partition coefficient (Wildman–Crippen LogP) is 3.95. The van der Waals surface area contributed by atoms with Crippen LogP contribution in [0.15, 0.2) is 24.3 Å². The average molecular weight is 335 g/mol. The molecule has 0 radical (unpaired) electrons. The zero-order chi connectivity index (χ0) is 17.1. The van der Waals surface area contributed by atoms with Crippen molar-refractivity contribution in [1.29, 1.82) is 0 Å². The first kappa shape index (κ1) is 16.2. The van der Waals surface area contributed by atoms with E-state index in [2.05, 4.69) is 0 Å². The van der Waals surface area contributed by atoms with Crippen LogP contribution in [0.4, 0.5) is 17.1 Å². The van der Waals surface area contributed by atoms with Crippen LogP contribution < -0.4 is 0 Å². The lowest BCUT2D eigenvalue weighted by Crippen LogP contribution is -2.00. The van der Waals surface area contributed by atoms with Crippen molar-refractivity contribution >= 4 is 40.6 Å². The molecule has 1 heterocycles. The number of hydrogen-bond acceptors (Lipinski definition) is 7. The molecule has 0 unspecified atom stereocenters. The molecule has 1 aromatic heterocycles. The molecule has 23 heavy (non-hydrogen) atoms. The van der Waals surface area contributed by atoms with Crippen molar-refractivity contribution in [3.8, 4) is 0 Å². The molecule has 0 bridgehead atoms. The van der Waals surface area contributed by atoms with Gasteiger partial charge < -0.3 is 0 Å². The Hall–Kier alpha value is -3.14. The standard InChI is InChI=1S/C13H9N3O6S/c1-8-2-3-10(23-8)4-5-11-12(15(19)20)6-9(14(17)18)7-13(11)16(21)22/h2-7H,1H3/b5-4+. The van der Waals surface area contributed by atoms with Crippen molar-refractivity contribution in [3.63, 3.8) is 0 Å². The van der Waals surface area contributed by atoms with E-state index in [0.29, 0.717) is 12.1 Å². The smallest absolute Gasteiger partial charge is 0.258 e. The predicted molar refractivity (Wildman–Crippen MR) is 84.4 cm³/mol. The topological polar surface area (TPSA) is 129 Å². The molecule has 0 saturated carbocycles. The van der Waals surface area contributed by atoms with Gasteiger partial charge in [-0.25, -0.2) is 0 Å². The van der Waals surface area contributed by atoms with Crippen LogP contribution in [0.5, 0.6) is 0 Å². The van der Waals surface area contributed by atoms with Crippen molar-refractivity contribution in [3.05, 3.63) is 69.9 Å². The third-order valence-corrected chi connectivity index (χ3v) is 3.87. The van der Waals surface area contributed by atoms with Crippen molar-refractivity contribution < 1.29 is 14.8 Å². The summed E-state index contributed by atoms with van der Waals surface area (Å²) in [6.45, 7) is 1.87. The van der Waals surface area contributed by atoms with Crippen LogP contribution in [-0.4, -0.2) is 14.8 Å². The summed E-state index contributed by atoms with van der Waals surface area (Å²) in [5.74, 6) is 0. The Bertz CT molecular complexity index is 807. The minimum atomic E-state index is -0.907. The fraction of sp³-hybridized carbons (Fsp3) is 0.0769. The van der Waals surface area contributed by atoms with Gasteiger partial charge in [0.15, 0.2) is 0 Å². The van der Waals surface area contributed by atoms with Gasteiger partial charge in [-0.15, -0.1) is 11.3 Å². The molecule has 0 saturated heterocycles. The molecule has 0 amide bonds. The van der Waals surface area contributed by atoms with Crippen LogP contribution in [0.3, 0.4) is 0 Å². The Balaban J connectivity index is 2.63. The summed E-state index contributed by atoms with van der Waals surface area (Å²) >= 11 is 1.41. The van der Waals surface area contributed by atoms with Crippen molar-refractivity contribution in [2.75, 3.05) is 0 Å². The molecule has 0 aliphatic carbocycles. The fourth-order valence-electron chi connectivity index (χ4n) is 1.90. The van der Waals surface area contributed by atoms with E-state index in [0.717, 1.165) is 9.75 Å². The van der Waals surface area contributed by atoms with Gasteiger partial charge in [0.25, 0.3) is 17.1 Å². The highest BCUT2D eigenvalue weighted by atomic mass is 32.1. The first-order chi connectivity index (χ1) is 10.8. The van der Waals surface area contributed by atoms with Crippen LogP contribution in [-0.2, 0) is 0 Å². The number of hydrogen-bond donors (Lipinski definition) is 0. The summed E-state index contributed by atoms with van der Waals surface area (Å²) in [6, 6.07) is 5.03. The molecule has 1 aromatic carbocycles. The molecule has 118 valence electrons. The maximum Gasteiger partial charge on any atom is 0.290 e. The second-order valence-corrected chi connectivity index (χ2v) is 5.77. The van der Waals surface area contributed by atoms with Gasteiger partial charge in [0, 0.05) is 9.75 Å². The van der Waals surface area contributed by atoms with Gasteiger partial charge >= 0.3 is 0 Å². The monoisotopic (exact) mass is 335 g/mol. The highest BCUT2D eigenvalue weighted by Crippen LogP contribution is 2.35. The normalized spacial score (nSPS) is 10.8. The van der Waals surface area contributed by atoms with E-state index in [1.165, 1.54) is 23.5 Å². The number of nitrogens with zero attached hydrogens (tertiary/aromatic N) is 3. The molecule has 0 aliphatic heterocycles. The van der Waals surface area contributed by atoms with Crippen LogP contribution >= 0.6 is 11.3 Å². The molecule has 2 rings (SSSR count). The summed E-state index contributed by atoms with van der Waals surface area (Å²) in [6.07, 6.45) is 2.73. The lowest BCUT2D eigenvalue weighted by Gasteiger charge is -2.00. The fourth-order valence-corrected chi connectivity index (χ4v) is 2.68. The second kappa shape index (κ2) is 6.32. The van der Waals surface area contributed by atoms with Gasteiger partial charge in [-0.1, -0.05) is 0 Å². The van der Waals surface area contributed by atoms with E-state index in [1.54, 1.807) is 6.07 Å². The number of benzene rings is 1. The number of nitro groups is 3. The highest BCUT2D eigenvalue weighted by Gasteiger charge is 2.28.